The van der Waals surface area contributed by atoms with E-state index in [0.717, 1.165) is 5.39 Å². The van der Waals surface area contributed by atoms with Crippen LogP contribution in [0, 0.1) is 0 Å². The van der Waals surface area contributed by atoms with Crippen molar-refractivity contribution in [3.8, 4) is 5.75 Å². The molecule has 0 aliphatic heterocycles. The van der Waals surface area contributed by atoms with Crippen LogP contribution in [0.1, 0.15) is 17.3 Å². The van der Waals surface area contributed by atoms with Crippen LogP contribution in [0.25, 0.3) is 10.8 Å². The smallest absolute Gasteiger partial charge is 0.255 e. The van der Waals surface area contributed by atoms with Gasteiger partial charge in [-0.05, 0) is 18.4 Å². The first-order valence-corrected chi connectivity index (χ1v) is 5.76. The highest BCUT2D eigenvalue weighted by atomic mass is 16.3. The first-order chi connectivity index (χ1) is 8.59. The van der Waals surface area contributed by atoms with Crippen molar-refractivity contribution >= 4 is 16.7 Å². The molecule has 2 rings (SSSR count). The Labute approximate surface area is 105 Å². The molecule has 0 bridgehead atoms. The van der Waals surface area contributed by atoms with Crippen molar-refractivity contribution in [2.24, 2.45) is 0 Å². The quantitative estimate of drug-likeness (QED) is 0.770. The monoisotopic (exact) mass is 245 g/mol. The predicted molar refractivity (Wildman–Crippen MR) is 69.6 cm³/mol. The molecule has 0 saturated carbocycles. The number of hydrogen-bond acceptors (Lipinski definition) is 3. The summed E-state index contributed by atoms with van der Waals surface area (Å²) < 4.78 is 0. The van der Waals surface area contributed by atoms with Crippen LogP contribution in [-0.2, 0) is 0 Å². The number of nitrogens with one attached hydrogen (secondary N) is 1. The van der Waals surface area contributed by atoms with Crippen molar-refractivity contribution in [3.05, 3.63) is 42.0 Å². The lowest BCUT2D eigenvalue weighted by atomic mass is 10.0. The Bertz CT molecular complexity index is 578. The number of carbonyl (C=O) groups is 1. The number of hydrogen-bond donors (Lipinski definition) is 3. The van der Waals surface area contributed by atoms with Gasteiger partial charge in [0.1, 0.15) is 5.75 Å². The predicted octanol–water partition coefficient (Wildman–Crippen LogP) is 1.66. The third-order valence-electron chi connectivity index (χ3n) is 2.70. The molecular formula is C14H15NO3. The largest absolute Gasteiger partial charge is 0.506 e. The fraction of sp³-hybridized carbons (Fsp3) is 0.214. The van der Waals surface area contributed by atoms with Gasteiger partial charge in [0, 0.05) is 11.9 Å². The Morgan fingerprint density at radius 3 is 2.72 bits per heavy atom. The summed E-state index contributed by atoms with van der Waals surface area (Å²) in [6.45, 7) is 1.74. The van der Waals surface area contributed by atoms with Gasteiger partial charge in [-0.2, -0.15) is 0 Å². The Balaban J connectivity index is 2.34. The molecule has 0 unspecified atom stereocenters. The van der Waals surface area contributed by atoms with E-state index in [1.807, 2.05) is 12.1 Å². The van der Waals surface area contributed by atoms with Crippen molar-refractivity contribution in [2.45, 2.75) is 13.0 Å². The van der Waals surface area contributed by atoms with Crippen LogP contribution in [0.15, 0.2) is 36.4 Å². The second-order valence-electron chi connectivity index (χ2n) is 4.24. The molecule has 0 spiro atoms. The molecule has 0 radical (unpaired) electrons. The number of phenols is 1. The third-order valence-corrected chi connectivity index (χ3v) is 2.70. The van der Waals surface area contributed by atoms with Gasteiger partial charge < -0.3 is 15.5 Å². The van der Waals surface area contributed by atoms with Gasteiger partial charge in [0.2, 0.25) is 0 Å². The lowest BCUT2D eigenvalue weighted by Gasteiger charge is -2.10. The van der Waals surface area contributed by atoms with E-state index in [1.54, 1.807) is 31.2 Å². The first kappa shape index (κ1) is 12.4. The molecule has 1 atom stereocenters. The molecule has 0 aliphatic rings. The molecular weight excluding hydrogens is 230 g/mol. The Morgan fingerprint density at radius 1 is 1.28 bits per heavy atom. The Morgan fingerprint density at radius 2 is 2.00 bits per heavy atom. The second-order valence-corrected chi connectivity index (χ2v) is 4.24. The van der Waals surface area contributed by atoms with Crippen LogP contribution in [0.3, 0.4) is 0 Å². The zero-order valence-corrected chi connectivity index (χ0v) is 10.1. The topological polar surface area (TPSA) is 69.6 Å². The summed E-state index contributed by atoms with van der Waals surface area (Å²) in [6, 6.07) is 10.7. The fourth-order valence-corrected chi connectivity index (χ4v) is 1.77. The summed E-state index contributed by atoms with van der Waals surface area (Å²) >= 11 is 0. The molecule has 0 saturated heterocycles. The number of aliphatic hydroxyl groups is 1. The van der Waals surface area contributed by atoms with Crippen LogP contribution in [0.5, 0.6) is 5.75 Å². The summed E-state index contributed by atoms with van der Waals surface area (Å²) in [5, 5.41) is 23.2. The molecule has 3 N–H and O–H groups in total. The molecule has 4 nitrogen and oxygen atoms in total. The SMILES string of the molecule is C[C@@H](O)CNC(=O)c1ccc2ccccc2c1O. The molecule has 0 aliphatic carbocycles. The van der Waals surface area contributed by atoms with E-state index in [4.69, 9.17) is 5.11 Å². The first-order valence-electron chi connectivity index (χ1n) is 5.76. The van der Waals surface area contributed by atoms with Crippen molar-refractivity contribution in [3.63, 3.8) is 0 Å². The number of carbonyl (C=O) groups excluding carboxylic acids is 1. The number of amides is 1. The molecule has 4 heteroatoms. The Hall–Kier alpha value is -2.07. The molecule has 94 valence electrons. The van der Waals surface area contributed by atoms with E-state index in [9.17, 15) is 9.90 Å². The van der Waals surface area contributed by atoms with Crippen molar-refractivity contribution < 1.29 is 15.0 Å². The van der Waals surface area contributed by atoms with Crippen LogP contribution in [0.4, 0.5) is 0 Å². The van der Waals surface area contributed by atoms with E-state index >= 15 is 0 Å². The number of rotatable bonds is 3. The average molecular weight is 245 g/mol. The average Bonchev–Trinajstić information content (AvgIpc) is 2.37. The van der Waals surface area contributed by atoms with Gasteiger partial charge in [-0.1, -0.05) is 30.3 Å². The minimum Gasteiger partial charge on any atom is -0.506 e. The zero-order chi connectivity index (χ0) is 13.1. The number of benzene rings is 2. The van der Waals surface area contributed by atoms with Gasteiger partial charge in [0.15, 0.2) is 0 Å². The molecule has 2 aromatic rings. The maximum absolute atomic E-state index is 11.8. The van der Waals surface area contributed by atoms with Gasteiger partial charge >= 0.3 is 0 Å². The normalized spacial score (nSPS) is 12.3. The second kappa shape index (κ2) is 5.06. The summed E-state index contributed by atoms with van der Waals surface area (Å²) in [7, 11) is 0. The number of aromatic hydroxyl groups is 1. The van der Waals surface area contributed by atoms with Gasteiger partial charge in [-0.25, -0.2) is 0 Å². The van der Waals surface area contributed by atoms with E-state index in [0.29, 0.717) is 5.39 Å². The minimum atomic E-state index is -0.614. The minimum absolute atomic E-state index is 0.0313. The van der Waals surface area contributed by atoms with Gasteiger partial charge in [-0.3, -0.25) is 4.79 Å². The molecule has 0 fully saturated rings. The zero-order valence-electron chi connectivity index (χ0n) is 10.1. The number of fused-ring (bicyclic) bond motifs is 1. The molecule has 18 heavy (non-hydrogen) atoms. The molecule has 1 amide bonds. The maximum Gasteiger partial charge on any atom is 0.255 e. The highest BCUT2D eigenvalue weighted by Gasteiger charge is 2.13. The molecule has 0 heterocycles. The fourth-order valence-electron chi connectivity index (χ4n) is 1.77. The van der Waals surface area contributed by atoms with Crippen molar-refractivity contribution in [1.29, 1.82) is 0 Å². The summed E-state index contributed by atoms with van der Waals surface area (Å²) in [6.07, 6.45) is -0.614. The van der Waals surface area contributed by atoms with E-state index in [-0.39, 0.29) is 23.8 Å². The van der Waals surface area contributed by atoms with Gasteiger partial charge in [-0.15, -0.1) is 0 Å². The van der Waals surface area contributed by atoms with Gasteiger partial charge in [0.25, 0.3) is 5.91 Å². The van der Waals surface area contributed by atoms with Crippen LogP contribution in [0.2, 0.25) is 0 Å². The highest BCUT2D eigenvalue weighted by Crippen LogP contribution is 2.28. The van der Waals surface area contributed by atoms with Crippen molar-refractivity contribution in [1.82, 2.24) is 5.32 Å². The summed E-state index contributed by atoms with van der Waals surface area (Å²) in [4.78, 5) is 11.8. The third kappa shape index (κ3) is 2.43. The van der Waals surface area contributed by atoms with E-state index in [1.165, 1.54) is 0 Å². The van der Waals surface area contributed by atoms with E-state index < -0.39 is 6.10 Å². The van der Waals surface area contributed by atoms with E-state index in [2.05, 4.69) is 5.32 Å². The highest BCUT2D eigenvalue weighted by molar-refractivity contribution is 6.03. The van der Waals surface area contributed by atoms with Gasteiger partial charge in [0.05, 0.1) is 11.7 Å². The van der Waals surface area contributed by atoms with Crippen LogP contribution >= 0.6 is 0 Å². The summed E-state index contributed by atoms with van der Waals surface area (Å²) in [5.41, 5.74) is 0.217. The maximum atomic E-state index is 11.8. The molecule has 0 aromatic heterocycles. The summed E-state index contributed by atoms with van der Waals surface area (Å²) in [5.74, 6) is -0.421. The van der Waals surface area contributed by atoms with Crippen LogP contribution < -0.4 is 5.32 Å². The lowest BCUT2D eigenvalue weighted by Crippen LogP contribution is -2.30. The molecule has 2 aromatic carbocycles. The number of phenolic OH excluding ortho intramolecular Hbond substituents is 1. The standard InChI is InChI=1S/C14H15NO3/c1-9(16)8-15-14(18)12-7-6-10-4-2-3-5-11(10)13(12)17/h2-7,9,16-17H,8H2,1H3,(H,15,18)/t9-/m1/s1. The van der Waals surface area contributed by atoms with Crippen molar-refractivity contribution in [2.75, 3.05) is 6.54 Å². The Kier molecular flexibility index (Phi) is 3.48. The number of aliphatic hydroxyl groups excluding tert-OH is 1. The van der Waals surface area contributed by atoms with Crippen LogP contribution in [-0.4, -0.2) is 28.8 Å². The lowest BCUT2D eigenvalue weighted by molar-refractivity contribution is 0.0921.